The van der Waals surface area contributed by atoms with E-state index < -0.39 is 5.25 Å². The van der Waals surface area contributed by atoms with Gasteiger partial charge in [0.05, 0.1) is 12.8 Å². The Morgan fingerprint density at radius 1 is 0.971 bits per heavy atom. The number of rotatable bonds is 8. The molecule has 4 rings (SSSR count). The molecule has 0 bridgehead atoms. The number of carbonyl (C=O) groups is 2. The molecular formula is C26H23N3O3S2. The van der Waals surface area contributed by atoms with Crippen LogP contribution in [-0.2, 0) is 9.59 Å². The van der Waals surface area contributed by atoms with Crippen molar-refractivity contribution in [3.8, 4) is 17.0 Å². The van der Waals surface area contributed by atoms with Gasteiger partial charge in [-0.05, 0) is 35.9 Å². The third-order valence-corrected chi connectivity index (χ3v) is 6.85. The molecule has 1 unspecified atom stereocenters. The molecule has 0 aliphatic heterocycles. The van der Waals surface area contributed by atoms with Crippen LogP contribution >= 0.6 is 23.1 Å². The Hall–Kier alpha value is -3.62. The number of amides is 2. The summed E-state index contributed by atoms with van der Waals surface area (Å²) in [5, 5.41) is 7.69. The van der Waals surface area contributed by atoms with Crippen molar-refractivity contribution < 1.29 is 14.3 Å². The average Bonchev–Trinajstić information content (AvgIpc) is 3.31. The number of nitrogens with one attached hydrogen (secondary N) is 2. The summed E-state index contributed by atoms with van der Waals surface area (Å²) in [7, 11) is 1.62. The van der Waals surface area contributed by atoms with Gasteiger partial charge in [-0.2, -0.15) is 0 Å². The largest absolute Gasteiger partial charge is 0.497 e. The minimum atomic E-state index is -0.502. The first-order chi connectivity index (χ1) is 16.5. The number of benzene rings is 3. The second-order valence-corrected chi connectivity index (χ2v) is 9.41. The van der Waals surface area contributed by atoms with Crippen molar-refractivity contribution in [3.63, 3.8) is 0 Å². The summed E-state index contributed by atoms with van der Waals surface area (Å²) in [6.07, 6.45) is 0. The topological polar surface area (TPSA) is 80.3 Å². The standard InChI is InChI=1S/C26H23N3O3S2/c1-17(30)27-20-11-7-13-22(15-20)34-24(18-8-4-3-5-9-18)25(31)29-26-28-23(16-33-26)19-10-6-12-21(14-19)32-2/h3-16,24H,1-2H3,(H,27,30)(H,28,29,31). The maximum atomic E-state index is 13.4. The lowest BCUT2D eigenvalue weighted by Gasteiger charge is -2.16. The molecule has 0 aliphatic rings. The number of methoxy groups -OCH3 is 1. The lowest BCUT2D eigenvalue weighted by atomic mass is 10.1. The van der Waals surface area contributed by atoms with Gasteiger partial charge < -0.3 is 15.4 Å². The molecule has 0 radical (unpaired) electrons. The van der Waals surface area contributed by atoms with Gasteiger partial charge in [-0.1, -0.05) is 48.5 Å². The van der Waals surface area contributed by atoms with Crippen molar-refractivity contribution in [1.82, 2.24) is 4.98 Å². The van der Waals surface area contributed by atoms with E-state index in [0.29, 0.717) is 10.8 Å². The molecule has 8 heteroatoms. The van der Waals surface area contributed by atoms with E-state index in [1.807, 2.05) is 84.2 Å². The quantitative estimate of drug-likeness (QED) is 0.286. The number of hydrogen-bond acceptors (Lipinski definition) is 6. The summed E-state index contributed by atoms with van der Waals surface area (Å²) in [4.78, 5) is 30.3. The van der Waals surface area contributed by atoms with Gasteiger partial charge in [0.25, 0.3) is 0 Å². The van der Waals surface area contributed by atoms with E-state index in [1.165, 1.54) is 30.0 Å². The normalized spacial score (nSPS) is 11.5. The molecule has 0 fully saturated rings. The van der Waals surface area contributed by atoms with Gasteiger partial charge in [-0.3, -0.25) is 9.59 Å². The highest BCUT2D eigenvalue weighted by Gasteiger charge is 2.23. The number of thiazole rings is 1. The van der Waals surface area contributed by atoms with Crippen LogP contribution in [0.5, 0.6) is 5.75 Å². The molecule has 2 amide bonds. The summed E-state index contributed by atoms with van der Waals surface area (Å²) in [5.41, 5.74) is 3.25. The third-order valence-electron chi connectivity index (χ3n) is 4.85. The number of hydrogen-bond donors (Lipinski definition) is 2. The molecule has 1 aromatic heterocycles. The minimum absolute atomic E-state index is 0.143. The Balaban J connectivity index is 1.55. The maximum absolute atomic E-state index is 13.4. The van der Waals surface area contributed by atoms with Gasteiger partial charge in [-0.15, -0.1) is 23.1 Å². The van der Waals surface area contributed by atoms with Crippen molar-refractivity contribution >= 4 is 45.7 Å². The van der Waals surface area contributed by atoms with Crippen molar-refractivity contribution in [3.05, 3.63) is 89.8 Å². The zero-order valence-electron chi connectivity index (χ0n) is 18.6. The number of aromatic nitrogens is 1. The van der Waals surface area contributed by atoms with Crippen molar-refractivity contribution in [2.75, 3.05) is 17.7 Å². The van der Waals surface area contributed by atoms with E-state index in [1.54, 1.807) is 7.11 Å². The predicted molar refractivity (Wildman–Crippen MR) is 139 cm³/mol. The summed E-state index contributed by atoms with van der Waals surface area (Å²) >= 11 is 2.79. The fourth-order valence-corrected chi connectivity index (χ4v) is 5.11. The molecule has 0 spiro atoms. The zero-order valence-corrected chi connectivity index (χ0v) is 20.3. The molecule has 1 heterocycles. The number of anilines is 2. The zero-order chi connectivity index (χ0) is 23.9. The first-order valence-electron chi connectivity index (χ1n) is 10.5. The highest BCUT2D eigenvalue weighted by atomic mass is 32.2. The SMILES string of the molecule is COc1cccc(-c2csc(NC(=O)C(Sc3cccc(NC(C)=O)c3)c3ccccc3)n2)c1. The molecule has 6 nitrogen and oxygen atoms in total. The molecule has 0 saturated carbocycles. The fourth-order valence-electron chi connectivity index (χ4n) is 3.30. The summed E-state index contributed by atoms with van der Waals surface area (Å²) in [6.45, 7) is 1.47. The van der Waals surface area contributed by atoms with Gasteiger partial charge in [0, 0.05) is 28.5 Å². The Bertz CT molecular complexity index is 1290. The van der Waals surface area contributed by atoms with E-state index >= 15 is 0 Å². The van der Waals surface area contributed by atoms with Gasteiger partial charge in [0.15, 0.2) is 5.13 Å². The van der Waals surface area contributed by atoms with Gasteiger partial charge in [-0.25, -0.2) is 4.98 Å². The second kappa shape index (κ2) is 11.0. The highest BCUT2D eigenvalue weighted by Crippen LogP contribution is 2.37. The summed E-state index contributed by atoms with van der Waals surface area (Å²) in [6, 6.07) is 24.7. The van der Waals surface area contributed by atoms with Crippen molar-refractivity contribution in [2.45, 2.75) is 17.1 Å². The van der Waals surface area contributed by atoms with Crippen LogP contribution in [0.25, 0.3) is 11.3 Å². The number of thioether (sulfide) groups is 1. The van der Waals surface area contributed by atoms with E-state index in [4.69, 9.17) is 4.74 Å². The number of carbonyl (C=O) groups excluding carboxylic acids is 2. The van der Waals surface area contributed by atoms with Crippen LogP contribution in [0.3, 0.4) is 0 Å². The monoisotopic (exact) mass is 489 g/mol. The first kappa shape index (κ1) is 23.5. The maximum Gasteiger partial charge on any atom is 0.244 e. The predicted octanol–water partition coefficient (Wildman–Crippen LogP) is 6.25. The molecular weight excluding hydrogens is 466 g/mol. The molecule has 34 heavy (non-hydrogen) atoms. The fraction of sp³-hybridized carbons (Fsp3) is 0.115. The van der Waals surface area contributed by atoms with Crippen LogP contribution in [0.2, 0.25) is 0 Å². The van der Waals surface area contributed by atoms with Gasteiger partial charge in [0.2, 0.25) is 11.8 Å². The van der Waals surface area contributed by atoms with E-state index in [2.05, 4.69) is 15.6 Å². The van der Waals surface area contributed by atoms with Crippen LogP contribution < -0.4 is 15.4 Å². The first-order valence-corrected chi connectivity index (χ1v) is 12.3. The smallest absolute Gasteiger partial charge is 0.244 e. The van der Waals surface area contributed by atoms with E-state index in [9.17, 15) is 9.59 Å². The highest BCUT2D eigenvalue weighted by molar-refractivity contribution is 8.00. The van der Waals surface area contributed by atoms with E-state index in [0.717, 1.165) is 27.5 Å². The number of nitrogens with zero attached hydrogens (tertiary/aromatic N) is 1. The van der Waals surface area contributed by atoms with Gasteiger partial charge in [0.1, 0.15) is 11.0 Å². The summed E-state index contributed by atoms with van der Waals surface area (Å²) in [5.74, 6) is 0.431. The minimum Gasteiger partial charge on any atom is -0.497 e. The Morgan fingerprint density at radius 3 is 2.53 bits per heavy atom. The van der Waals surface area contributed by atoms with Crippen molar-refractivity contribution in [1.29, 1.82) is 0 Å². The second-order valence-electron chi connectivity index (χ2n) is 7.38. The summed E-state index contributed by atoms with van der Waals surface area (Å²) < 4.78 is 5.29. The lowest BCUT2D eigenvalue weighted by Crippen LogP contribution is -2.19. The van der Waals surface area contributed by atoms with Crippen LogP contribution in [0.1, 0.15) is 17.7 Å². The molecule has 172 valence electrons. The average molecular weight is 490 g/mol. The molecule has 2 N–H and O–H groups in total. The molecule has 0 saturated heterocycles. The molecule has 3 aromatic carbocycles. The van der Waals surface area contributed by atoms with Crippen LogP contribution in [-0.4, -0.2) is 23.9 Å². The molecule has 1 atom stereocenters. The number of ether oxygens (including phenoxy) is 1. The van der Waals surface area contributed by atoms with E-state index in [-0.39, 0.29) is 11.8 Å². The Kier molecular flexibility index (Phi) is 7.61. The van der Waals surface area contributed by atoms with Crippen LogP contribution in [0.4, 0.5) is 10.8 Å². The molecule has 0 aliphatic carbocycles. The third kappa shape index (κ3) is 6.03. The van der Waals surface area contributed by atoms with Crippen LogP contribution in [0.15, 0.2) is 89.1 Å². The Morgan fingerprint density at radius 2 is 1.76 bits per heavy atom. The van der Waals surface area contributed by atoms with Gasteiger partial charge >= 0.3 is 0 Å². The molecule has 4 aromatic rings. The van der Waals surface area contributed by atoms with Crippen molar-refractivity contribution in [2.24, 2.45) is 0 Å². The Labute approximate surface area is 206 Å². The van der Waals surface area contributed by atoms with Crippen LogP contribution in [0, 0.1) is 0 Å². The lowest BCUT2D eigenvalue weighted by molar-refractivity contribution is -0.116.